The fraction of sp³-hybridized carbons (Fsp3) is 0.419. The van der Waals surface area contributed by atoms with E-state index in [4.69, 9.17) is 16.6 Å². The lowest BCUT2D eigenvalue weighted by Crippen LogP contribution is -2.54. The highest BCUT2D eigenvalue weighted by Gasteiger charge is 2.35. The van der Waals surface area contributed by atoms with Gasteiger partial charge in [0.05, 0.1) is 28.5 Å². The minimum Gasteiger partial charge on any atom is -0.367 e. The molecule has 3 aliphatic heterocycles. The summed E-state index contributed by atoms with van der Waals surface area (Å²) in [6.07, 6.45) is 7.54. The summed E-state index contributed by atoms with van der Waals surface area (Å²) in [5.74, 6) is -1.14. The van der Waals surface area contributed by atoms with Crippen LogP contribution in [0, 0.1) is 17.6 Å². The van der Waals surface area contributed by atoms with E-state index in [2.05, 4.69) is 25.4 Å². The summed E-state index contributed by atoms with van der Waals surface area (Å²) in [5.41, 5.74) is 4.40. The van der Waals surface area contributed by atoms with Crippen LogP contribution in [0.15, 0.2) is 72.9 Å². The number of nitrogens with zero attached hydrogens (tertiary/aromatic N) is 5. The summed E-state index contributed by atoms with van der Waals surface area (Å²) in [7, 11) is 0. The molecule has 3 aromatic carbocycles. The van der Waals surface area contributed by atoms with E-state index in [1.807, 2.05) is 35.2 Å². The molecule has 3 unspecified atom stereocenters. The molecule has 0 radical (unpaired) electrons. The number of halogens is 3. The van der Waals surface area contributed by atoms with Gasteiger partial charge < -0.3 is 15.1 Å². The number of hydrogen-bond acceptors (Lipinski definition) is 8. The lowest BCUT2D eigenvalue weighted by atomic mass is 9.84. The molecule has 10 nitrogen and oxygen atoms in total. The Kier molecular flexibility index (Phi) is 11.3. The van der Waals surface area contributed by atoms with E-state index in [1.54, 1.807) is 24.4 Å². The van der Waals surface area contributed by atoms with Crippen molar-refractivity contribution in [3.8, 4) is 22.4 Å². The van der Waals surface area contributed by atoms with E-state index in [9.17, 15) is 18.8 Å². The summed E-state index contributed by atoms with van der Waals surface area (Å²) in [6, 6.07) is 19.7. The number of anilines is 2. The normalized spacial score (nSPS) is 22.5. The lowest BCUT2D eigenvalue weighted by Gasteiger charge is -2.44. The van der Waals surface area contributed by atoms with Gasteiger partial charge in [-0.25, -0.2) is 18.7 Å². The van der Waals surface area contributed by atoms with Crippen LogP contribution in [0.5, 0.6) is 0 Å². The van der Waals surface area contributed by atoms with Gasteiger partial charge in [-0.05, 0) is 85.5 Å². The average Bonchev–Trinajstić information content (AvgIpc) is 3.22. The first kappa shape index (κ1) is 38.0. The predicted molar refractivity (Wildman–Crippen MR) is 212 cm³/mol. The van der Waals surface area contributed by atoms with E-state index >= 15 is 4.39 Å². The molecule has 8 rings (SSSR count). The number of likely N-dealkylation sites (tertiary alicyclic amines) is 1. The molecule has 1 aliphatic carbocycles. The van der Waals surface area contributed by atoms with Crippen molar-refractivity contribution in [2.45, 2.75) is 69.4 Å². The summed E-state index contributed by atoms with van der Waals surface area (Å²) in [4.78, 5) is 53.5. The van der Waals surface area contributed by atoms with Gasteiger partial charge in [0.1, 0.15) is 11.6 Å². The molecule has 56 heavy (non-hydrogen) atoms. The number of carbonyl (C=O) groups excluding carboxylic acids is 3. The summed E-state index contributed by atoms with van der Waals surface area (Å²) in [5, 5.41) is 6.28. The van der Waals surface area contributed by atoms with E-state index in [-0.39, 0.29) is 47.7 Å². The number of benzene rings is 3. The first-order valence-electron chi connectivity index (χ1n) is 19.7. The molecule has 4 fully saturated rings. The van der Waals surface area contributed by atoms with Gasteiger partial charge in [0.15, 0.2) is 0 Å². The zero-order valence-corrected chi connectivity index (χ0v) is 32.0. The maximum absolute atomic E-state index is 15.3. The number of hydrogen-bond donors (Lipinski definition) is 2. The van der Waals surface area contributed by atoms with Crippen molar-refractivity contribution in [2.75, 3.05) is 49.5 Å². The molecule has 4 heterocycles. The first-order chi connectivity index (χ1) is 27.2. The van der Waals surface area contributed by atoms with Crippen molar-refractivity contribution in [3.05, 3.63) is 95.1 Å². The Morgan fingerprint density at radius 2 is 1.61 bits per heavy atom. The fourth-order valence-corrected chi connectivity index (χ4v) is 9.10. The van der Waals surface area contributed by atoms with Crippen LogP contribution in [-0.4, -0.2) is 88.8 Å². The molecule has 13 heteroatoms. The quantitative estimate of drug-likeness (QED) is 0.183. The Labute approximate surface area is 330 Å². The summed E-state index contributed by atoms with van der Waals surface area (Å²) < 4.78 is 28.8. The third kappa shape index (κ3) is 8.41. The molecular formula is C43H46ClF2N7O3. The third-order valence-electron chi connectivity index (χ3n) is 12.0. The Morgan fingerprint density at radius 1 is 0.839 bits per heavy atom. The van der Waals surface area contributed by atoms with Crippen LogP contribution in [0.3, 0.4) is 0 Å². The third-order valence-corrected chi connectivity index (χ3v) is 12.3. The van der Waals surface area contributed by atoms with Crippen LogP contribution in [0.25, 0.3) is 22.4 Å². The maximum atomic E-state index is 15.3. The van der Waals surface area contributed by atoms with Crippen LogP contribution in [0.4, 0.5) is 20.4 Å². The molecule has 4 aromatic rings. The van der Waals surface area contributed by atoms with Crippen molar-refractivity contribution in [2.24, 2.45) is 5.92 Å². The van der Waals surface area contributed by atoms with E-state index in [0.717, 1.165) is 75.0 Å². The molecule has 3 atom stereocenters. The standard InChI is InChI=1S/C43H46ClF2N7O3/c44-36-26-47-43(50-40(36)30-4-1-3-28(23-30)27-7-10-32(45)11-8-27)48-33-6-2-5-31(24-33)42(56)53-17-15-34(16-18-53)51-19-21-52(22-20-51)38-13-9-29(25-37(38)46)35-12-14-39(54)49-41(35)55/h1,3-4,7-11,13,23,25-26,31,33-35H,2,5-6,12,14-22,24H2,(H,47,48,50)(H,49,54,55). The van der Waals surface area contributed by atoms with Crippen LogP contribution >= 0.6 is 11.6 Å². The van der Waals surface area contributed by atoms with Crippen molar-refractivity contribution in [3.63, 3.8) is 0 Å². The van der Waals surface area contributed by atoms with Crippen molar-refractivity contribution >= 4 is 41.0 Å². The largest absolute Gasteiger partial charge is 0.367 e. The minimum absolute atomic E-state index is 0.0585. The van der Waals surface area contributed by atoms with E-state index in [1.165, 1.54) is 18.2 Å². The minimum atomic E-state index is -0.508. The number of piperidine rings is 2. The van der Waals surface area contributed by atoms with Gasteiger partial charge in [0.25, 0.3) is 0 Å². The van der Waals surface area contributed by atoms with Gasteiger partial charge >= 0.3 is 0 Å². The molecule has 3 saturated heterocycles. The zero-order valence-electron chi connectivity index (χ0n) is 31.2. The number of nitrogens with one attached hydrogen (secondary N) is 2. The van der Waals surface area contributed by atoms with Gasteiger partial charge in [-0.2, -0.15) is 0 Å². The Morgan fingerprint density at radius 3 is 2.36 bits per heavy atom. The number of piperazine rings is 1. The number of amides is 3. The molecule has 292 valence electrons. The van der Waals surface area contributed by atoms with Crippen molar-refractivity contribution in [1.29, 1.82) is 0 Å². The molecule has 2 N–H and O–H groups in total. The molecule has 0 bridgehead atoms. The van der Waals surface area contributed by atoms with Crippen molar-refractivity contribution < 1.29 is 23.2 Å². The molecule has 1 saturated carbocycles. The van der Waals surface area contributed by atoms with Crippen LogP contribution in [-0.2, 0) is 14.4 Å². The zero-order chi connectivity index (χ0) is 38.8. The fourth-order valence-electron chi connectivity index (χ4n) is 8.90. The highest BCUT2D eigenvalue weighted by Crippen LogP contribution is 2.34. The van der Waals surface area contributed by atoms with Gasteiger partial charge in [-0.3, -0.25) is 24.6 Å². The molecule has 4 aliphatic rings. The lowest BCUT2D eigenvalue weighted by molar-refractivity contribution is -0.138. The highest BCUT2D eigenvalue weighted by atomic mass is 35.5. The second-order valence-electron chi connectivity index (χ2n) is 15.5. The Balaban J connectivity index is 0.818. The maximum Gasteiger partial charge on any atom is 0.234 e. The molecule has 3 amide bonds. The van der Waals surface area contributed by atoms with Gasteiger partial charge in [-0.15, -0.1) is 0 Å². The van der Waals surface area contributed by atoms with Crippen LogP contribution in [0.1, 0.15) is 62.8 Å². The average molecular weight is 782 g/mol. The van der Waals surface area contributed by atoms with Crippen LogP contribution < -0.4 is 15.5 Å². The number of carbonyl (C=O) groups is 3. The summed E-state index contributed by atoms with van der Waals surface area (Å²) in [6.45, 7) is 4.50. The molecule has 1 aromatic heterocycles. The Hall–Kier alpha value is -4.94. The van der Waals surface area contributed by atoms with Gasteiger partial charge in [0.2, 0.25) is 23.7 Å². The van der Waals surface area contributed by atoms with Gasteiger partial charge in [0, 0.05) is 69.3 Å². The molecular weight excluding hydrogens is 736 g/mol. The number of aromatic nitrogens is 2. The second-order valence-corrected chi connectivity index (χ2v) is 15.9. The summed E-state index contributed by atoms with van der Waals surface area (Å²) >= 11 is 6.59. The monoisotopic (exact) mass is 781 g/mol. The number of imide groups is 1. The Bertz CT molecular complexity index is 2090. The van der Waals surface area contributed by atoms with Crippen molar-refractivity contribution in [1.82, 2.24) is 25.1 Å². The number of rotatable bonds is 8. The van der Waals surface area contributed by atoms with Crippen LogP contribution in [0.2, 0.25) is 5.02 Å². The topological polar surface area (TPSA) is 111 Å². The van der Waals surface area contributed by atoms with Gasteiger partial charge in [-0.1, -0.05) is 54.4 Å². The van der Waals surface area contributed by atoms with E-state index in [0.29, 0.717) is 59.9 Å². The van der Waals surface area contributed by atoms with E-state index < -0.39 is 5.92 Å². The SMILES string of the molecule is O=C1CCC(c2ccc(N3CCN(C4CCN(C(=O)C5CCCC(Nc6ncc(Cl)c(-c7cccc(-c8ccc(F)cc8)c7)n6)C5)CC4)CC3)c(F)c2)C(=O)N1. The first-order valence-corrected chi connectivity index (χ1v) is 20.1. The smallest absolute Gasteiger partial charge is 0.234 e. The second kappa shape index (κ2) is 16.7. The highest BCUT2D eigenvalue weighted by molar-refractivity contribution is 6.32. The molecule has 0 spiro atoms. The predicted octanol–water partition coefficient (Wildman–Crippen LogP) is 7.05.